The minimum absolute atomic E-state index is 0.120. The number of carbonyl (C=O) groups is 1. The van der Waals surface area contributed by atoms with Gasteiger partial charge in [0.15, 0.2) is 0 Å². The van der Waals surface area contributed by atoms with Crippen LogP contribution >= 0.6 is 34.7 Å². The average molecular weight is 339 g/mol. The predicted molar refractivity (Wildman–Crippen MR) is 91.4 cm³/mol. The van der Waals surface area contributed by atoms with Crippen molar-refractivity contribution >= 4 is 46.3 Å². The molecule has 6 heteroatoms. The number of amides is 1. The Bertz CT molecular complexity index is 624. The molecule has 1 aromatic carbocycles. The third kappa shape index (κ3) is 4.88. The summed E-state index contributed by atoms with van der Waals surface area (Å²) in [6.45, 7) is 3.73. The third-order valence-electron chi connectivity index (χ3n) is 2.71. The summed E-state index contributed by atoms with van der Waals surface area (Å²) in [7, 11) is 0. The van der Waals surface area contributed by atoms with Gasteiger partial charge in [-0.3, -0.25) is 4.79 Å². The highest BCUT2D eigenvalue weighted by atomic mass is 35.5. The first-order valence-corrected chi connectivity index (χ1v) is 8.50. The standard InChI is InChI=1S/C15H15ClN2OS2/c1-10(14-4-3-9-20-14)17-18-15(19)11(2)21-13-7-5-12(16)6-8-13/h3-9,11H,1-2H3,(H,18,19)/b17-10-/t11-/m0/s1. The first kappa shape index (κ1) is 16.1. The number of carbonyl (C=O) groups excluding carboxylic acids is 1. The molecule has 1 atom stereocenters. The Morgan fingerprint density at radius 1 is 1.33 bits per heavy atom. The van der Waals surface area contributed by atoms with Gasteiger partial charge in [0.2, 0.25) is 0 Å². The van der Waals surface area contributed by atoms with Crippen LogP contribution in [0.1, 0.15) is 18.7 Å². The van der Waals surface area contributed by atoms with Crippen LogP contribution < -0.4 is 5.43 Å². The molecule has 0 saturated heterocycles. The summed E-state index contributed by atoms with van der Waals surface area (Å²) in [5, 5.41) is 6.57. The van der Waals surface area contributed by atoms with Gasteiger partial charge in [-0.25, -0.2) is 5.43 Å². The number of hydrazone groups is 1. The zero-order valence-electron chi connectivity index (χ0n) is 11.7. The van der Waals surface area contributed by atoms with Crippen LogP contribution in [0.4, 0.5) is 0 Å². The number of thioether (sulfide) groups is 1. The van der Waals surface area contributed by atoms with Crippen LogP contribution in [0.2, 0.25) is 5.02 Å². The highest BCUT2D eigenvalue weighted by Gasteiger charge is 2.14. The average Bonchev–Trinajstić information content (AvgIpc) is 3.01. The Labute approximate surface area is 137 Å². The normalized spacial score (nSPS) is 13.0. The largest absolute Gasteiger partial charge is 0.272 e. The van der Waals surface area contributed by atoms with E-state index >= 15 is 0 Å². The lowest BCUT2D eigenvalue weighted by molar-refractivity contribution is -0.120. The van der Waals surface area contributed by atoms with Crippen LogP contribution in [0, 0.1) is 0 Å². The molecular weight excluding hydrogens is 324 g/mol. The first-order valence-electron chi connectivity index (χ1n) is 6.36. The number of benzene rings is 1. The summed E-state index contributed by atoms with van der Waals surface area (Å²) in [6, 6.07) is 11.4. The predicted octanol–water partition coefficient (Wildman–Crippen LogP) is 4.42. The minimum atomic E-state index is -0.230. The number of hydrogen-bond acceptors (Lipinski definition) is 4. The summed E-state index contributed by atoms with van der Waals surface area (Å²) >= 11 is 8.91. The number of nitrogens with zero attached hydrogens (tertiary/aromatic N) is 1. The molecule has 1 N–H and O–H groups in total. The molecule has 1 amide bonds. The second-order valence-corrected chi connectivity index (χ2v) is 7.16. The van der Waals surface area contributed by atoms with Crippen molar-refractivity contribution in [1.82, 2.24) is 5.43 Å². The number of halogens is 1. The van der Waals surface area contributed by atoms with Gasteiger partial charge in [0, 0.05) is 14.8 Å². The SMILES string of the molecule is C/C(=N/NC(=O)[C@H](C)Sc1ccc(Cl)cc1)c1cccs1. The molecule has 0 bridgehead atoms. The highest BCUT2D eigenvalue weighted by molar-refractivity contribution is 8.00. The quantitative estimate of drug-likeness (QED) is 0.498. The van der Waals surface area contributed by atoms with E-state index in [1.807, 2.05) is 55.6 Å². The molecule has 0 aliphatic carbocycles. The Hall–Kier alpha value is -1.30. The zero-order chi connectivity index (χ0) is 15.2. The van der Waals surface area contributed by atoms with E-state index in [9.17, 15) is 4.79 Å². The van der Waals surface area contributed by atoms with Gasteiger partial charge in [0.05, 0.1) is 11.0 Å². The van der Waals surface area contributed by atoms with E-state index in [1.54, 1.807) is 11.3 Å². The van der Waals surface area contributed by atoms with Crippen molar-refractivity contribution in [3.63, 3.8) is 0 Å². The van der Waals surface area contributed by atoms with Crippen LogP contribution in [0.3, 0.4) is 0 Å². The van der Waals surface area contributed by atoms with Gasteiger partial charge in [-0.2, -0.15) is 5.10 Å². The molecule has 110 valence electrons. The minimum Gasteiger partial charge on any atom is -0.272 e. The van der Waals surface area contributed by atoms with Crippen LogP contribution in [-0.2, 0) is 4.79 Å². The Morgan fingerprint density at radius 3 is 2.67 bits per heavy atom. The molecule has 0 aliphatic heterocycles. The lowest BCUT2D eigenvalue weighted by Gasteiger charge is -2.09. The molecule has 0 spiro atoms. The fraction of sp³-hybridized carbons (Fsp3) is 0.200. The van der Waals surface area contributed by atoms with Crippen molar-refractivity contribution in [3.8, 4) is 0 Å². The lowest BCUT2D eigenvalue weighted by atomic mass is 10.3. The van der Waals surface area contributed by atoms with Gasteiger partial charge in [0.25, 0.3) is 5.91 Å². The van der Waals surface area contributed by atoms with E-state index in [-0.39, 0.29) is 11.2 Å². The number of nitrogens with one attached hydrogen (secondary N) is 1. The second-order valence-electron chi connectivity index (χ2n) is 4.36. The molecular formula is C15H15ClN2OS2. The molecule has 1 heterocycles. The number of rotatable bonds is 5. The van der Waals surface area contributed by atoms with Gasteiger partial charge >= 0.3 is 0 Å². The molecule has 0 fully saturated rings. The van der Waals surface area contributed by atoms with Crippen molar-refractivity contribution in [1.29, 1.82) is 0 Å². The van der Waals surface area contributed by atoms with Gasteiger partial charge in [-0.05, 0) is 49.6 Å². The maximum absolute atomic E-state index is 12.0. The smallest absolute Gasteiger partial charge is 0.253 e. The van der Waals surface area contributed by atoms with Crippen molar-refractivity contribution in [2.45, 2.75) is 24.0 Å². The zero-order valence-corrected chi connectivity index (χ0v) is 14.1. The van der Waals surface area contributed by atoms with Crippen LogP contribution in [0.25, 0.3) is 0 Å². The Morgan fingerprint density at radius 2 is 2.05 bits per heavy atom. The Kier molecular flexibility index (Phi) is 5.85. The first-order chi connectivity index (χ1) is 10.1. The molecule has 21 heavy (non-hydrogen) atoms. The van der Waals surface area contributed by atoms with Crippen LogP contribution in [0.15, 0.2) is 51.8 Å². The maximum atomic E-state index is 12.0. The molecule has 0 saturated carbocycles. The van der Waals surface area contributed by atoms with E-state index in [4.69, 9.17) is 11.6 Å². The summed E-state index contributed by atoms with van der Waals surface area (Å²) in [4.78, 5) is 14.1. The molecule has 2 aromatic rings. The number of thiophene rings is 1. The molecule has 2 rings (SSSR count). The monoisotopic (exact) mass is 338 g/mol. The van der Waals surface area contributed by atoms with Gasteiger partial charge < -0.3 is 0 Å². The summed E-state index contributed by atoms with van der Waals surface area (Å²) in [5.74, 6) is -0.120. The molecule has 0 radical (unpaired) electrons. The highest BCUT2D eigenvalue weighted by Crippen LogP contribution is 2.24. The fourth-order valence-electron chi connectivity index (χ4n) is 1.54. The van der Waals surface area contributed by atoms with Crippen LogP contribution in [0.5, 0.6) is 0 Å². The molecule has 0 aliphatic rings. The van der Waals surface area contributed by atoms with E-state index < -0.39 is 0 Å². The van der Waals surface area contributed by atoms with Crippen molar-refractivity contribution in [2.24, 2.45) is 5.10 Å². The van der Waals surface area contributed by atoms with E-state index in [0.29, 0.717) is 5.02 Å². The van der Waals surface area contributed by atoms with Gasteiger partial charge in [-0.1, -0.05) is 17.7 Å². The van der Waals surface area contributed by atoms with E-state index in [2.05, 4.69) is 10.5 Å². The molecule has 3 nitrogen and oxygen atoms in total. The fourth-order valence-corrected chi connectivity index (χ4v) is 3.20. The Balaban J connectivity index is 1.90. The van der Waals surface area contributed by atoms with Gasteiger partial charge in [-0.15, -0.1) is 23.1 Å². The maximum Gasteiger partial charge on any atom is 0.253 e. The molecule has 0 unspecified atom stereocenters. The lowest BCUT2D eigenvalue weighted by Crippen LogP contribution is -2.27. The summed E-state index contributed by atoms with van der Waals surface area (Å²) < 4.78 is 0. The summed E-state index contributed by atoms with van der Waals surface area (Å²) in [5.41, 5.74) is 3.42. The van der Waals surface area contributed by atoms with E-state index in [0.717, 1.165) is 15.5 Å². The third-order valence-corrected chi connectivity index (χ3v) is 5.05. The number of hydrogen-bond donors (Lipinski definition) is 1. The second kappa shape index (κ2) is 7.64. The van der Waals surface area contributed by atoms with Crippen molar-refractivity contribution in [2.75, 3.05) is 0 Å². The summed E-state index contributed by atoms with van der Waals surface area (Å²) in [6.07, 6.45) is 0. The van der Waals surface area contributed by atoms with Crippen molar-refractivity contribution < 1.29 is 4.79 Å². The molecule has 1 aromatic heterocycles. The topological polar surface area (TPSA) is 41.5 Å². The van der Waals surface area contributed by atoms with Crippen LogP contribution in [-0.4, -0.2) is 16.9 Å². The van der Waals surface area contributed by atoms with Gasteiger partial charge in [0.1, 0.15) is 0 Å². The van der Waals surface area contributed by atoms with Crippen molar-refractivity contribution in [3.05, 3.63) is 51.7 Å². The van der Waals surface area contributed by atoms with E-state index in [1.165, 1.54) is 11.8 Å².